The smallest absolute Gasteiger partial charge is 0.416 e. The van der Waals surface area contributed by atoms with Crippen LogP contribution in [0, 0.1) is 11.6 Å². The summed E-state index contributed by atoms with van der Waals surface area (Å²) in [5, 5.41) is 3.11. The number of thioether (sulfide) groups is 1. The van der Waals surface area contributed by atoms with Gasteiger partial charge in [-0.2, -0.15) is 31.4 Å². The number of benzene rings is 2. The molecule has 0 radical (unpaired) electrons. The van der Waals surface area contributed by atoms with Gasteiger partial charge in [-0.25, -0.2) is 17.2 Å². The zero-order chi connectivity index (χ0) is 24.3. The Labute approximate surface area is 180 Å². The number of alkyl halides is 6. The summed E-state index contributed by atoms with van der Waals surface area (Å²) in [6, 6.07) is 0.581. The van der Waals surface area contributed by atoms with Crippen molar-refractivity contribution in [3.63, 3.8) is 0 Å². The van der Waals surface area contributed by atoms with E-state index < -0.39 is 67.1 Å². The van der Waals surface area contributed by atoms with E-state index in [1.807, 2.05) is 0 Å². The minimum absolute atomic E-state index is 0.104. The number of hydrogen-bond acceptors (Lipinski definition) is 6. The monoisotopic (exact) mass is 508 g/mol. The summed E-state index contributed by atoms with van der Waals surface area (Å²) in [6.45, 7) is 0. The molecular weight excluding hydrogens is 496 g/mol. The average Bonchev–Trinajstić information content (AvgIpc) is 2.66. The van der Waals surface area contributed by atoms with Gasteiger partial charge in [0.15, 0.2) is 21.4 Å². The molecule has 0 atom stereocenters. The minimum Gasteiger partial charge on any atom is -0.454 e. The number of nitrogens with two attached hydrogens (primary N) is 1. The quantitative estimate of drug-likeness (QED) is 0.139. The van der Waals surface area contributed by atoms with Crippen molar-refractivity contribution in [3.8, 4) is 11.5 Å². The molecule has 2 aromatic carbocycles. The van der Waals surface area contributed by atoms with E-state index in [0.29, 0.717) is 0 Å². The molecule has 15 heteroatoms. The van der Waals surface area contributed by atoms with Crippen molar-refractivity contribution in [3.05, 3.63) is 53.1 Å². The molecule has 32 heavy (non-hydrogen) atoms. The Bertz CT molecular complexity index is 1080. The molecule has 0 amide bonds. The van der Waals surface area contributed by atoms with Gasteiger partial charge in [-0.1, -0.05) is 0 Å². The number of ether oxygens (including phenoxy) is 1. The second-order valence-electron chi connectivity index (χ2n) is 6.00. The van der Waals surface area contributed by atoms with Crippen LogP contribution in [0.3, 0.4) is 0 Å². The van der Waals surface area contributed by atoms with Gasteiger partial charge in [-0.15, -0.1) is 11.8 Å². The molecule has 0 fully saturated rings. The zero-order valence-electron chi connectivity index (χ0n) is 15.5. The Morgan fingerprint density at radius 1 is 0.938 bits per heavy atom. The fourth-order valence-electron chi connectivity index (χ4n) is 2.30. The number of hydrogen-bond donors (Lipinski definition) is 1. The van der Waals surface area contributed by atoms with Gasteiger partial charge >= 0.3 is 12.4 Å². The van der Waals surface area contributed by atoms with Crippen molar-refractivity contribution >= 4 is 27.1 Å². The van der Waals surface area contributed by atoms with Crippen molar-refractivity contribution in [2.75, 3.05) is 11.5 Å². The molecule has 0 spiro atoms. The summed E-state index contributed by atoms with van der Waals surface area (Å²) < 4.78 is 135. The van der Waals surface area contributed by atoms with Gasteiger partial charge in [0.25, 0.3) is 0 Å². The van der Waals surface area contributed by atoms with Crippen molar-refractivity contribution in [1.29, 1.82) is 0 Å². The summed E-state index contributed by atoms with van der Waals surface area (Å²) in [4.78, 5) is -1.06. The molecule has 5 nitrogen and oxygen atoms in total. The minimum atomic E-state index is -5.19. The molecule has 2 aromatic rings. The number of hydrazone groups is 1. The number of nitrogens with zero attached hydrogens (tertiary/aromatic N) is 1. The first-order valence-electron chi connectivity index (χ1n) is 8.17. The van der Waals surface area contributed by atoms with Gasteiger partial charge in [0.1, 0.15) is 16.5 Å². The van der Waals surface area contributed by atoms with Gasteiger partial charge in [0, 0.05) is 11.8 Å². The van der Waals surface area contributed by atoms with E-state index in [1.165, 1.54) is 0 Å². The predicted octanol–water partition coefficient (Wildman–Crippen LogP) is 5.20. The van der Waals surface area contributed by atoms with Crippen LogP contribution in [-0.2, 0) is 22.2 Å². The molecule has 0 aliphatic heterocycles. The molecule has 0 unspecified atom stereocenters. The molecule has 2 rings (SSSR count). The molecule has 0 aliphatic carbocycles. The molecule has 2 N–H and O–H groups in total. The van der Waals surface area contributed by atoms with Gasteiger partial charge in [-0.3, -0.25) is 0 Å². The Hall–Kier alpha value is -2.55. The van der Waals surface area contributed by atoms with Crippen LogP contribution >= 0.6 is 11.8 Å². The normalized spacial score (nSPS) is 13.0. The van der Waals surface area contributed by atoms with Crippen LogP contribution in [0.4, 0.5) is 35.1 Å². The maximum atomic E-state index is 14.3. The number of sulfone groups is 1. The average molecular weight is 508 g/mol. The SMILES string of the molecule is NN=CSCCS(=O)(=O)c1cc(F)c(Oc2cc(C(F)(F)F)cc(C(F)(F)F)c2)cc1F. The fourth-order valence-corrected chi connectivity index (χ4v) is 4.62. The lowest BCUT2D eigenvalue weighted by molar-refractivity contribution is -0.143. The Balaban J connectivity index is 2.42. The van der Waals surface area contributed by atoms with E-state index in [2.05, 4.69) is 5.10 Å². The molecule has 0 bridgehead atoms. The molecular formula is C17H12F8N2O3S2. The zero-order valence-corrected chi connectivity index (χ0v) is 17.1. The first-order chi connectivity index (χ1) is 14.6. The third-order valence-corrected chi connectivity index (χ3v) is 6.41. The highest BCUT2D eigenvalue weighted by atomic mass is 32.2. The third-order valence-electron chi connectivity index (χ3n) is 3.72. The largest absolute Gasteiger partial charge is 0.454 e. The second-order valence-corrected chi connectivity index (χ2v) is 9.03. The van der Waals surface area contributed by atoms with Crippen LogP contribution in [0.5, 0.6) is 11.5 Å². The number of halogens is 8. The topological polar surface area (TPSA) is 81.8 Å². The highest BCUT2D eigenvalue weighted by molar-refractivity contribution is 8.12. The van der Waals surface area contributed by atoms with E-state index in [9.17, 15) is 43.5 Å². The summed E-state index contributed by atoms with van der Waals surface area (Å²) in [7, 11) is -4.33. The fraction of sp³-hybridized carbons (Fsp3) is 0.235. The van der Waals surface area contributed by atoms with Gasteiger partial charge in [0.05, 0.1) is 22.4 Å². The molecule has 0 aliphatic rings. The molecule has 0 saturated carbocycles. The summed E-state index contributed by atoms with van der Waals surface area (Å²) in [6.07, 6.45) is -10.4. The summed E-state index contributed by atoms with van der Waals surface area (Å²) >= 11 is 0.876. The highest BCUT2D eigenvalue weighted by Crippen LogP contribution is 2.39. The Morgan fingerprint density at radius 3 is 2.00 bits per heavy atom. The van der Waals surface area contributed by atoms with Crippen LogP contribution in [0.1, 0.15) is 11.1 Å². The number of rotatable bonds is 7. The molecule has 0 heterocycles. The summed E-state index contributed by atoms with van der Waals surface area (Å²) in [5.74, 6) is -1.14. The predicted molar refractivity (Wildman–Crippen MR) is 100 cm³/mol. The lowest BCUT2D eigenvalue weighted by atomic mass is 10.1. The first-order valence-corrected chi connectivity index (χ1v) is 10.9. The lowest BCUT2D eigenvalue weighted by Gasteiger charge is -2.15. The van der Waals surface area contributed by atoms with Crippen LogP contribution in [0.2, 0.25) is 0 Å². The third kappa shape index (κ3) is 6.48. The van der Waals surface area contributed by atoms with Crippen LogP contribution in [-0.4, -0.2) is 25.5 Å². The molecule has 0 saturated heterocycles. The standard InChI is InChI=1S/C17H12F8N2O3S2/c18-12-7-15(32(28,29)2-1-31-8-27-26)13(19)6-14(12)30-11-4-9(16(20,21)22)3-10(5-11)17(23,24)25/h3-8H,1-2,26H2. The van der Waals surface area contributed by atoms with Gasteiger partial charge in [-0.05, 0) is 24.3 Å². The summed E-state index contributed by atoms with van der Waals surface area (Å²) in [5.41, 5.74) is -2.35. The van der Waals surface area contributed by atoms with Crippen LogP contribution < -0.4 is 10.6 Å². The highest BCUT2D eigenvalue weighted by Gasteiger charge is 2.37. The Morgan fingerprint density at radius 2 is 1.50 bits per heavy atom. The van der Waals surface area contributed by atoms with Crippen LogP contribution in [0.15, 0.2) is 40.3 Å². The van der Waals surface area contributed by atoms with Crippen molar-refractivity contribution < 1.29 is 48.3 Å². The lowest BCUT2D eigenvalue weighted by Crippen LogP contribution is -2.12. The van der Waals surface area contributed by atoms with E-state index in [1.54, 1.807) is 0 Å². The van der Waals surface area contributed by atoms with E-state index in [0.717, 1.165) is 17.3 Å². The maximum absolute atomic E-state index is 14.3. The first kappa shape index (κ1) is 25.7. The van der Waals surface area contributed by atoms with Gasteiger partial charge < -0.3 is 10.6 Å². The van der Waals surface area contributed by atoms with Crippen molar-refractivity contribution in [1.82, 2.24) is 0 Å². The Kier molecular flexibility index (Phi) is 7.65. The van der Waals surface area contributed by atoms with Gasteiger partial charge in [0.2, 0.25) is 0 Å². The second kappa shape index (κ2) is 9.52. The van der Waals surface area contributed by atoms with Crippen molar-refractivity contribution in [2.24, 2.45) is 10.9 Å². The van der Waals surface area contributed by atoms with E-state index >= 15 is 0 Å². The van der Waals surface area contributed by atoms with Crippen LogP contribution in [0.25, 0.3) is 0 Å². The molecule has 176 valence electrons. The van der Waals surface area contributed by atoms with E-state index in [4.69, 9.17) is 10.6 Å². The van der Waals surface area contributed by atoms with E-state index in [-0.39, 0.29) is 36.1 Å². The van der Waals surface area contributed by atoms with Crippen molar-refractivity contribution in [2.45, 2.75) is 17.2 Å². The maximum Gasteiger partial charge on any atom is 0.416 e. The molecule has 0 aromatic heterocycles.